The number of nitrogens with two attached hydrogens (primary N) is 1. The molecule has 0 amide bonds. The summed E-state index contributed by atoms with van der Waals surface area (Å²) in [5.41, 5.74) is 5.05. The molecule has 1 aliphatic rings. The Kier molecular flexibility index (Phi) is 5.23. The van der Waals surface area contributed by atoms with E-state index in [1.165, 1.54) is 0 Å². The molecular formula is C15H30FNO3. The van der Waals surface area contributed by atoms with Crippen LogP contribution in [0.3, 0.4) is 0 Å². The molecule has 0 bridgehead atoms. The van der Waals surface area contributed by atoms with Crippen LogP contribution in [0.25, 0.3) is 0 Å². The first-order valence-electron chi connectivity index (χ1n) is 7.27. The van der Waals surface area contributed by atoms with Crippen molar-refractivity contribution < 1.29 is 19.0 Å². The summed E-state index contributed by atoms with van der Waals surface area (Å²) in [5.74, 6) is -0.572. The molecule has 0 saturated heterocycles. The minimum atomic E-state index is -1.31. The second kappa shape index (κ2) is 5.87. The number of aliphatic hydroxyl groups excluding tert-OH is 1. The molecule has 1 rings (SSSR count). The van der Waals surface area contributed by atoms with E-state index in [9.17, 15) is 9.50 Å². The maximum Gasteiger partial charge on any atom is 0.123 e. The van der Waals surface area contributed by atoms with Crippen molar-refractivity contribution in [2.45, 2.75) is 90.2 Å². The predicted octanol–water partition coefficient (Wildman–Crippen LogP) is 2.03. The minimum absolute atomic E-state index is 0.465. The van der Waals surface area contributed by atoms with E-state index in [0.717, 1.165) is 0 Å². The zero-order chi connectivity index (χ0) is 15.9. The summed E-state index contributed by atoms with van der Waals surface area (Å²) in [7, 11) is 0. The van der Waals surface area contributed by atoms with Crippen LogP contribution in [0.1, 0.15) is 48.5 Å². The van der Waals surface area contributed by atoms with Gasteiger partial charge in [-0.1, -0.05) is 6.92 Å². The van der Waals surface area contributed by atoms with Crippen LogP contribution in [0.5, 0.6) is 0 Å². The second-order valence-electron chi connectivity index (χ2n) is 7.76. The molecule has 0 aromatic heterocycles. The summed E-state index contributed by atoms with van der Waals surface area (Å²) in [6, 6.07) is -0.806. The van der Waals surface area contributed by atoms with Crippen molar-refractivity contribution in [1.82, 2.24) is 0 Å². The van der Waals surface area contributed by atoms with Crippen LogP contribution < -0.4 is 5.73 Å². The first-order chi connectivity index (χ1) is 8.83. The van der Waals surface area contributed by atoms with Gasteiger partial charge in [0.2, 0.25) is 0 Å². The van der Waals surface area contributed by atoms with Crippen molar-refractivity contribution in [3.05, 3.63) is 0 Å². The fraction of sp³-hybridized carbons (Fsp3) is 1.00. The summed E-state index contributed by atoms with van der Waals surface area (Å²) >= 11 is 0. The molecule has 1 saturated carbocycles. The summed E-state index contributed by atoms with van der Waals surface area (Å²) in [4.78, 5) is 0. The number of hydrogen-bond donors (Lipinski definition) is 2. The van der Waals surface area contributed by atoms with Crippen molar-refractivity contribution in [1.29, 1.82) is 0 Å². The Balaban J connectivity index is 3.03. The zero-order valence-electron chi connectivity index (χ0n) is 13.7. The largest absolute Gasteiger partial charge is 0.390 e. The van der Waals surface area contributed by atoms with Gasteiger partial charge in [0.15, 0.2) is 0 Å². The second-order valence-corrected chi connectivity index (χ2v) is 7.76. The topological polar surface area (TPSA) is 64.7 Å². The maximum atomic E-state index is 14.2. The van der Waals surface area contributed by atoms with E-state index >= 15 is 0 Å². The molecule has 0 aliphatic heterocycles. The molecule has 4 nitrogen and oxygen atoms in total. The first kappa shape index (κ1) is 17.8. The third-order valence-corrected chi connectivity index (χ3v) is 3.43. The SMILES string of the molecule is C[C@H]1[C@H](O)[C@@H](OC(C)(C)C)[C@H](OC(C)(C)C)[C@@H](N)[C@H]1F. The Hall–Kier alpha value is -0.230. The quantitative estimate of drug-likeness (QED) is 0.817. The fourth-order valence-electron chi connectivity index (χ4n) is 2.53. The number of alkyl halides is 1. The Morgan fingerprint density at radius 2 is 1.35 bits per heavy atom. The van der Waals surface area contributed by atoms with Crippen LogP contribution in [0.15, 0.2) is 0 Å². The smallest absolute Gasteiger partial charge is 0.123 e. The van der Waals surface area contributed by atoms with Crippen molar-refractivity contribution in [2.24, 2.45) is 11.7 Å². The predicted molar refractivity (Wildman–Crippen MR) is 77.3 cm³/mol. The third-order valence-electron chi connectivity index (χ3n) is 3.43. The molecule has 0 aromatic carbocycles. The lowest BCUT2D eigenvalue weighted by molar-refractivity contribution is -0.232. The van der Waals surface area contributed by atoms with Gasteiger partial charge < -0.3 is 20.3 Å². The molecule has 1 fully saturated rings. The van der Waals surface area contributed by atoms with E-state index in [-0.39, 0.29) is 0 Å². The van der Waals surface area contributed by atoms with Gasteiger partial charge in [0.1, 0.15) is 18.4 Å². The van der Waals surface area contributed by atoms with E-state index < -0.39 is 47.6 Å². The molecule has 0 unspecified atom stereocenters. The molecule has 3 N–H and O–H groups in total. The van der Waals surface area contributed by atoms with E-state index in [2.05, 4.69) is 0 Å². The molecular weight excluding hydrogens is 261 g/mol. The van der Waals surface area contributed by atoms with Crippen LogP contribution in [0.4, 0.5) is 4.39 Å². The highest BCUT2D eigenvalue weighted by molar-refractivity contribution is 5.02. The van der Waals surface area contributed by atoms with Crippen LogP contribution in [0.2, 0.25) is 0 Å². The number of rotatable bonds is 2. The average molecular weight is 291 g/mol. The van der Waals surface area contributed by atoms with Crippen molar-refractivity contribution in [3.63, 3.8) is 0 Å². The fourth-order valence-corrected chi connectivity index (χ4v) is 2.53. The van der Waals surface area contributed by atoms with E-state index in [1.807, 2.05) is 41.5 Å². The number of halogens is 1. The Morgan fingerprint density at radius 1 is 0.950 bits per heavy atom. The lowest BCUT2D eigenvalue weighted by Crippen LogP contribution is -2.65. The van der Waals surface area contributed by atoms with Gasteiger partial charge in [-0.3, -0.25) is 0 Å². The number of aliphatic hydroxyl groups is 1. The highest BCUT2D eigenvalue weighted by Crippen LogP contribution is 2.34. The van der Waals surface area contributed by atoms with E-state index in [4.69, 9.17) is 15.2 Å². The maximum absolute atomic E-state index is 14.2. The highest BCUT2D eigenvalue weighted by Gasteiger charge is 2.51. The average Bonchev–Trinajstić information content (AvgIpc) is 2.25. The van der Waals surface area contributed by atoms with Gasteiger partial charge in [0, 0.05) is 5.92 Å². The van der Waals surface area contributed by atoms with Gasteiger partial charge in [-0.25, -0.2) is 4.39 Å². The van der Waals surface area contributed by atoms with Crippen molar-refractivity contribution in [2.75, 3.05) is 0 Å². The lowest BCUT2D eigenvalue weighted by Gasteiger charge is -2.48. The van der Waals surface area contributed by atoms with Crippen LogP contribution in [0, 0.1) is 5.92 Å². The van der Waals surface area contributed by atoms with Crippen molar-refractivity contribution in [3.8, 4) is 0 Å². The summed E-state index contributed by atoms with van der Waals surface area (Å²) in [6.07, 6.45) is -3.55. The Bertz CT molecular complexity index is 292. The standard InChI is InChI=1S/C15H30FNO3/c1-8-9(16)10(17)12(19-14(2,3)4)13(11(8)18)20-15(5,6)7/h8-13,18H,17H2,1-7H3/t8-,9+,10+,11+,12-,13-/m1/s1. The minimum Gasteiger partial charge on any atom is -0.390 e. The lowest BCUT2D eigenvalue weighted by atomic mass is 9.78. The van der Waals surface area contributed by atoms with Crippen molar-refractivity contribution >= 4 is 0 Å². The summed E-state index contributed by atoms with van der Waals surface area (Å²) in [5, 5.41) is 10.4. The van der Waals surface area contributed by atoms with Crippen LogP contribution in [-0.2, 0) is 9.47 Å². The third kappa shape index (κ3) is 4.38. The summed E-state index contributed by atoms with van der Waals surface area (Å²) in [6.45, 7) is 13.0. The molecule has 20 heavy (non-hydrogen) atoms. The number of hydrogen-bond acceptors (Lipinski definition) is 4. The van der Waals surface area contributed by atoms with Crippen LogP contribution in [-0.4, -0.2) is 46.8 Å². The molecule has 0 radical (unpaired) electrons. The van der Waals surface area contributed by atoms with Gasteiger partial charge >= 0.3 is 0 Å². The normalized spacial score (nSPS) is 39.9. The molecule has 5 heteroatoms. The van der Waals surface area contributed by atoms with Gasteiger partial charge in [-0.15, -0.1) is 0 Å². The summed E-state index contributed by atoms with van der Waals surface area (Å²) < 4.78 is 26.0. The Labute approximate surface area is 121 Å². The monoisotopic (exact) mass is 291 g/mol. The van der Waals surface area contributed by atoms with Crippen LogP contribution >= 0.6 is 0 Å². The number of ether oxygens (including phenoxy) is 2. The highest BCUT2D eigenvalue weighted by atomic mass is 19.1. The Morgan fingerprint density at radius 3 is 1.75 bits per heavy atom. The molecule has 0 heterocycles. The molecule has 0 aromatic rings. The molecule has 1 aliphatic carbocycles. The van der Waals surface area contributed by atoms with Gasteiger partial charge in [-0.05, 0) is 41.5 Å². The van der Waals surface area contributed by atoms with Gasteiger partial charge in [0.05, 0.1) is 23.3 Å². The van der Waals surface area contributed by atoms with Gasteiger partial charge in [-0.2, -0.15) is 0 Å². The zero-order valence-corrected chi connectivity index (χ0v) is 13.7. The van der Waals surface area contributed by atoms with Gasteiger partial charge in [0.25, 0.3) is 0 Å². The molecule has 120 valence electrons. The first-order valence-corrected chi connectivity index (χ1v) is 7.27. The van der Waals surface area contributed by atoms with E-state index in [0.29, 0.717) is 0 Å². The molecule has 6 atom stereocenters. The van der Waals surface area contributed by atoms with E-state index in [1.54, 1.807) is 6.92 Å². The molecule has 0 spiro atoms.